The van der Waals surface area contributed by atoms with E-state index in [9.17, 15) is 9.90 Å². The molecular weight excluding hydrogens is 202 g/mol. The standard InChI is InChI=1S/C13H17NO2/c1-2-13(16)14-9-5-8-12(15)10-6-3-4-7-11(10)14/h3-4,6-7,12,15H,2,5,8-9H2,1H3. The Labute approximate surface area is 95.7 Å². The summed E-state index contributed by atoms with van der Waals surface area (Å²) in [5, 5.41) is 9.98. The van der Waals surface area contributed by atoms with Gasteiger partial charge in [-0.2, -0.15) is 0 Å². The van der Waals surface area contributed by atoms with E-state index in [-0.39, 0.29) is 5.91 Å². The van der Waals surface area contributed by atoms with Crippen LogP contribution >= 0.6 is 0 Å². The summed E-state index contributed by atoms with van der Waals surface area (Å²) in [7, 11) is 0. The monoisotopic (exact) mass is 219 g/mol. The fraction of sp³-hybridized carbons (Fsp3) is 0.462. The highest BCUT2D eigenvalue weighted by atomic mass is 16.3. The van der Waals surface area contributed by atoms with Gasteiger partial charge >= 0.3 is 0 Å². The summed E-state index contributed by atoms with van der Waals surface area (Å²) >= 11 is 0. The van der Waals surface area contributed by atoms with Crippen molar-refractivity contribution in [2.45, 2.75) is 32.3 Å². The van der Waals surface area contributed by atoms with Crippen molar-refractivity contribution >= 4 is 11.6 Å². The van der Waals surface area contributed by atoms with E-state index in [2.05, 4.69) is 0 Å². The van der Waals surface area contributed by atoms with E-state index >= 15 is 0 Å². The van der Waals surface area contributed by atoms with Crippen LogP contribution in [0.25, 0.3) is 0 Å². The van der Waals surface area contributed by atoms with Crippen LogP contribution in [0.3, 0.4) is 0 Å². The lowest BCUT2D eigenvalue weighted by molar-refractivity contribution is -0.118. The van der Waals surface area contributed by atoms with Crippen molar-refractivity contribution in [2.75, 3.05) is 11.4 Å². The zero-order valence-electron chi connectivity index (χ0n) is 9.52. The van der Waals surface area contributed by atoms with Crippen LogP contribution in [0, 0.1) is 0 Å². The van der Waals surface area contributed by atoms with Gasteiger partial charge in [0.15, 0.2) is 0 Å². The number of carbonyl (C=O) groups excluding carboxylic acids is 1. The van der Waals surface area contributed by atoms with Gasteiger partial charge in [-0.1, -0.05) is 25.1 Å². The predicted molar refractivity (Wildman–Crippen MR) is 63.3 cm³/mol. The number of benzene rings is 1. The second kappa shape index (κ2) is 4.66. The van der Waals surface area contributed by atoms with Gasteiger partial charge < -0.3 is 10.0 Å². The zero-order valence-corrected chi connectivity index (χ0v) is 9.52. The van der Waals surface area contributed by atoms with Crippen LogP contribution in [0.4, 0.5) is 5.69 Å². The highest BCUT2D eigenvalue weighted by Crippen LogP contribution is 2.32. The molecule has 0 bridgehead atoms. The van der Waals surface area contributed by atoms with E-state index in [0.717, 1.165) is 24.1 Å². The van der Waals surface area contributed by atoms with Crippen LogP contribution in [0.1, 0.15) is 37.9 Å². The number of aliphatic hydroxyl groups is 1. The Morgan fingerprint density at radius 1 is 1.50 bits per heavy atom. The molecule has 16 heavy (non-hydrogen) atoms. The summed E-state index contributed by atoms with van der Waals surface area (Å²) in [6.45, 7) is 2.58. The molecule has 0 aliphatic carbocycles. The van der Waals surface area contributed by atoms with Crippen LogP contribution in [-0.2, 0) is 4.79 Å². The van der Waals surface area contributed by atoms with Crippen LogP contribution in [0.5, 0.6) is 0 Å². The topological polar surface area (TPSA) is 40.5 Å². The van der Waals surface area contributed by atoms with Crippen molar-refractivity contribution in [3.63, 3.8) is 0 Å². The van der Waals surface area contributed by atoms with Gasteiger partial charge in [-0.25, -0.2) is 0 Å². The molecule has 0 saturated carbocycles. The molecule has 1 atom stereocenters. The number of fused-ring (bicyclic) bond motifs is 1. The zero-order chi connectivity index (χ0) is 11.5. The highest BCUT2D eigenvalue weighted by Gasteiger charge is 2.23. The minimum atomic E-state index is -0.439. The van der Waals surface area contributed by atoms with E-state index in [1.54, 1.807) is 4.90 Å². The summed E-state index contributed by atoms with van der Waals surface area (Å²) in [4.78, 5) is 13.6. The highest BCUT2D eigenvalue weighted by molar-refractivity contribution is 5.94. The minimum absolute atomic E-state index is 0.126. The Bertz CT molecular complexity index is 389. The quantitative estimate of drug-likeness (QED) is 0.787. The third-order valence-corrected chi connectivity index (χ3v) is 3.05. The molecule has 1 heterocycles. The molecule has 2 rings (SSSR count). The van der Waals surface area contributed by atoms with Crippen molar-refractivity contribution in [3.8, 4) is 0 Å². The Hall–Kier alpha value is -1.35. The normalized spacial score (nSPS) is 20.1. The lowest BCUT2D eigenvalue weighted by atomic mass is 10.0. The Morgan fingerprint density at radius 3 is 3.00 bits per heavy atom. The van der Waals surface area contributed by atoms with Gasteiger partial charge in [0.2, 0.25) is 5.91 Å². The number of hydrogen-bond acceptors (Lipinski definition) is 2. The Morgan fingerprint density at radius 2 is 2.25 bits per heavy atom. The second-order valence-electron chi connectivity index (χ2n) is 4.12. The SMILES string of the molecule is CCC(=O)N1CCCC(O)c2ccccc21. The first-order valence-corrected chi connectivity index (χ1v) is 5.81. The van der Waals surface area contributed by atoms with Crippen LogP contribution < -0.4 is 4.90 Å². The molecular formula is C13H17NO2. The molecule has 1 unspecified atom stereocenters. The Balaban J connectivity index is 2.42. The number of nitrogens with zero attached hydrogens (tertiary/aromatic N) is 1. The molecule has 1 amide bonds. The molecule has 0 spiro atoms. The molecule has 0 fully saturated rings. The van der Waals surface area contributed by atoms with E-state index in [4.69, 9.17) is 0 Å². The number of para-hydroxylation sites is 1. The number of amides is 1. The molecule has 1 aromatic rings. The lowest BCUT2D eigenvalue weighted by Crippen LogP contribution is -2.30. The van der Waals surface area contributed by atoms with Gasteiger partial charge in [0, 0.05) is 24.2 Å². The van der Waals surface area contributed by atoms with Crippen LogP contribution in [0.2, 0.25) is 0 Å². The molecule has 1 aliphatic rings. The van der Waals surface area contributed by atoms with Gasteiger partial charge in [-0.15, -0.1) is 0 Å². The number of carbonyl (C=O) groups is 1. The summed E-state index contributed by atoms with van der Waals surface area (Å²) in [6, 6.07) is 7.63. The summed E-state index contributed by atoms with van der Waals surface area (Å²) < 4.78 is 0. The number of rotatable bonds is 1. The van der Waals surface area contributed by atoms with Gasteiger partial charge in [0.25, 0.3) is 0 Å². The summed E-state index contributed by atoms with van der Waals surface area (Å²) in [5.41, 5.74) is 1.75. The van der Waals surface area contributed by atoms with Crippen LogP contribution in [-0.4, -0.2) is 17.6 Å². The van der Waals surface area contributed by atoms with Crippen molar-refractivity contribution < 1.29 is 9.90 Å². The number of hydrogen-bond donors (Lipinski definition) is 1. The maximum absolute atomic E-state index is 11.8. The number of anilines is 1. The van der Waals surface area contributed by atoms with Gasteiger partial charge in [-0.3, -0.25) is 4.79 Å². The average Bonchev–Trinajstić information content (AvgIpc) is 2.49. The van der Waals surface area contributed by atoms with Crippen molar-refractivity contribution in [1.82, 2.24) is 0 Å². The smallest absolute Gasteiger partial charge is 0.226 e. The largest absolute Gasteiger partial charge is 0.388 e. The molecule has 1 aromatic carbocycles. The molecule has 3 heteroatoms. The van der Waals surface area contributed by atoms with Gasteiger partial charge in [0.1, 0.15) is 0 Å². The maximum atomic E-state index is 11.8. The van der Waals surface area contributed by atoms with E-state index in [1.807, 2.05) is 31.2 Å². The van der Waals surface area contributed by atoms with Crippen molar-refractivity contribution in [2.24, 2.45) is 0 Å². The fourth-order valence-corrected chi connectivity index (χ4v) is 2.18. The average molecular weight is 219 g/mol. The van der Waals surface area contributed by atoms with Crippen molar-refractivity contribution in [1.29, 1.82) is 0 Å². The minimum Gasteiger partial charge on any atom is -0.388 e. The molecule has 0 saturated heterocycles. The molecule has 86 valence electrons. The third-order valence-electron chi connectivity index (χ3n) is 3.05. The fourth-order valence-electron chi connectivity index (χ4n) is 2.18. The van der Waals surface area contributed by atoms with Gasteiger partial charge in [-0.05, 0) is 18.9 Å². The molecule has 0 radical (unpaired) electrons. The molecule has 0 aromatic heterocycles. The Kier molecular flexibility index (Phi) is 3.25. The second-order valence-corrected chi connectivity index (χ2v) is 4.12. The van der Waals surface area contributed by atoms with E-state index in [1.165, 1.54) is 0 Å². The van der Waals surface area contributed by atoms with Gasteiger partial charge in [0.05, 0.1) is 6.10 Å². The molecule has 1 aliphatic heterocycles. The van der Waals surface area contributed by atoms with E-state index < -0.39 is 6.10 Å². The third kappa shape index (κ3) is 1.95. The van der Waals surface area contributed by atoms with Crippen LogP contribution in [0.15, 0.2) is 24.3 Å². The number of aliphatic hydroxyl groups excluding tert-OH is 1. The first-order valence-electron chi connectivity index (χ1n) is 5.81. The predicted octanol–water partition coefficient (Wildman–Crippen LogP) is 2.26. The first kappa shape index (κ1) is 11.1. The van der Waals surface area contributed by atoms with Crippen molar-refractivity contribution in [3.05, 3.63) is 29.8 Å². The molecule has 3 nitrogen and oxygen atoms in total. The maximum Gasteiger partial charge on any atom is 0.226 e. The summed E-state index contributed by atoms with van der Waals surface area (Å²) in [5.74, 6) is 0.126. The molecule has 1 N–H and O–H groups in total. The van der Waals surface area contributed by atoms with E-state index in [0.29, 0.717) is 13.0 Å². The lowest BCUT2D eigenvalue weighted by Gasteiger charge is -2.22. The summed E-state index contributed by atoms with van der Waals surface area (Å²) in [6.07, 6.45) is 1.64. The first-order chi connectivity index (χ1) is 7.74.